The molecule has 0 aromatic rings. The highest BCUT2D eigenvalue weighted by molar-refractivity contribution is 5.08. The van der Waals surface area contributed by atoms with Crippen molar-refractivity contribution < 1.29 is 68.5 Å². The van der Waals surface area contributed by atoms with E-state index in [1.807, 2.05) is 6.92 Å². The Morgan fingerprint density at radius 3 is 2.21 bits per heavy atom. The van der Waals surface area contributed by atoms with Crippen LogP contribution in [-0.2, 0) is 37.9 Å². The van der Waals surface area contributed by atoms with Crippen molar-refractivity contribution >= 4 is 0 Å². The molecule has 6 aliphatic heterocycles. The number of aliphatic hydroxyl groups excluding tert-OH is 5. The lowest BCUT2D eigenvalue weighted by Gasteiger charge is -2.49. The number of aliphatic hydroxyl groups is 6. The Morgan fingerprint density at radius 1 is 0.857 bits per heavy atom. The number of ether oxygens (including phenoxy) is 8. The number of hydrogen-bond acceptors (Lipinski definition) is 14. The number of rotatable bonds is 12. The van der Waals surface area contributed by atoms with Crippen molar-refractivity contribution in [3.05, 3.63) is 0 Å². The first kappa shape index (κ1) is 45.0. The molecular formula is C42H74O14. The molecule has 6 rings (SSSR count). The summed E-state index contributed by atoms with van der Waals surface area (Å²) in [5, 5.41) is 63.7. The van der Waals surface area contributed by atoms with Crippen molar-refractivity contribution in [2.45, 2.75) is 210 Å². The Morgan fingerprint density at radius 2 is 1.57 bits per heavy atom. The molecule has 0 saturated carbocycles. The molecule has 0 aliphatic carbocycles. The summed E-state index contributed by atoms with van der Waals surface area (Å²) in [7, 11) is 1.74. The molecular weight excluding hydrogens is 728 g/mol. The lowest BCUT2D eigenvalue weighted by atomic mass is 9.78. The lowest BCUT2D eigenvalue weighted by molar-refractivity contribution is -0.359. The molecule has 6 aliphatic rings. The first-order valence-electron chi connectivity index (χ1n) is 21.5. The zero-order valence-corrected chi connectivity index (χ0v) is 35.4. The third-order valence-corrected chi connectivity index (χ3v) is 14.9. The van der Waals surface area contributed by atoms with Gasteiger partial charge in [0, 0.05) is 37.7 Å². The highest BCUT2D eigenvalue weighted by Gasteiger charge is 2.62. The minimum Gasteiger partial charge on any atom is -0.394 e. The van der Waals surface area contributed by atoms with Gasteiger partial charge in [-0.05, 0) is 63.2 Å². The summed E-state index contributed by atoms with van der Waals surface area (Å²) in [5.74, 6) is -2.47. The molecule has 0 aromatic carbocycles. The van der Waals surface area contributed by atoms with Crippen molar-refractivity contribution in [3.63, 3.8) is 0 Å². The molecule has 21 atom stereocenters. The third-order valence-electron chi connectivity index (χ3n) is 14.9. The maximum Gasteiger partial charge on any atom is 0.192 e. The fourth-order valence-electron chi connectivity index (χ4n) is 11.4. The van der Waals surface area contributed by atoms with E-state index in [0.717, 1.165) is 25.7 Å². The summed E-state index contributed by atoms with van der Waals surface area (Å²) in [6, 6.07) is 0. The molecule has 6 heterocycles. The lowest BCUT2D eigenvalue weighted by Crippen LogP contribution is -2.61. The standard InChI is InChI=1S/C42H74O14/c1-11-40(13-12-30(53-40)39(9)14-15-41(56-39)18-27(44)25(7)36(54-41)26(8)34(49-10)21(2)3)37-23(5)17-28(51-37)35-22(4)16-24(6)42(48,55-35)20-50-38-33(47)32(46)31(45)29(19-43)52-38/h21-38,43-48H,11-20H2,1-10H3. The smallest absolute Gasteiger partial charge is 0.192 e. The van der Waals surface area contributed by atoms with Crippen LogP contribution in [0.1, 0.15) is 114 Å². The van der Waals surface area contributed by atoms with Crippen LogP contribution in [0, 0.1) is 35.5 Å². The molecule has 326 valence electrons. The molecule has 14 heteroatoms. The quantitative estimate of drug-likeness (QED) is 0.169. The van der Waals surface area contributed by atoms with Crippen LogP contribution in [0.2, 0.25) is 0 Å². The van der Waals surface area contributed by atoms with Crippen LogP contribution < -0.4 is 0 Å². The minimum atomic E-state index is -1.74. The third kappa shape index (κ3) is 8.25. The van der Waals surface area contributed by atoms with Gasteiger partial charge in [-0.25, -0.2) is 0 Å². The van der Waals surface area contributed by atoms with Gasteiger partial charge in [0.25, 0.3) is 0 Å². The Balaban J connectivity index is 1.11. The van der Waals surface area contributed by atoms with Gasteiger partial charge in [-0.2, -0.15) is 0 Å². The van der Waals surface area contributed by atoms with Gasteiger partial charge in [-0.1, -0.05) is 55.4 Å². The molecule has 56 heavy (non-hydrogen) atoms. The Hall–Kier alpha value is -0.560. The van der Waals surface area contributed by atoms with Gasteiger partial charge in [0.15, 0.2) is 17.9 Å². The molecule has 6 fully saturated rings. The zero-order valence-electron chi connectivity index (χ0n) is 35.4. The van der Waals surface area contributed by atoms with E-state index >= 15 is 0 Å². The Labute approximate surface area is 333 Å². The van der Waals surface area contributed by atoms with Crippen LogP contribution >= 0.6 is 0 Å². The average Bonchev–Trinajstić information content (AvgIpc) is 3.86. The zero-order chi connectivity index (χ0) is 41.1. The number of hydrogen-bond donors (Lipinski definition) is 6. The predicted octanol–water partition coefficient (Wildman–Crippen LogP) is 3.03. The van der Waals surface area contributed by atoms with E-state index in [-0.39, 0.29) is 66.7 Å². The fraction of sp³-hybridized carbons (Fsp3) is 1.00. The largest absolute Gasteiger partial charge is 0.394 e. The molecule has 0 aromatic heterocycles. The second kappa shape index (κ2) is 17.1. The summed E-state index contributed by atoms with van der Waals surface area (Å²) in [5.41, 5.74) is -1.16. The SMILES string of the molecule is CCC1(C2OC(C3OC(O)(COC4OC(CO)C(O)C(O)C4O)C(C)CC3C)CC2C)CCC(C2(C)CCC3(CC(O)C(C)C(C(C)C(OC)C(C)C)O3)O2)O1. The topological polar surface area (TPSA) is 195 Å². The normalized spacial score (nSPS) is 52.6. The van der Waals surface area contributed by atoms with Gasteiger partial charge in [-0.15, -0.1) is 0 Å². The molecule has 14 nitrogen and oxygen atoms in total. The summed E-state index contributed by atoms with van der Waals surface area (Å²) in [4.78, 5) is 0. The fourth-order valence-corrected chi connectivity index (χ4v) is 11.4. The van der Waals surface area contributed by atoms with Crippen molar-refractivity contribution in [2.24, 2.45) is 35.5 Å². The van der Waals surface area contributed by atoms with Crippen molar-refractivity contribution in [1.29, 1.82) is 0 Å². The minimum absolute atomic E-state index is 0.0119. The van der Waals surface area contributed by atoms with E-state index in [4.69, 9.17) is 37.9 Å². The maximum atomic E-state index is 11.8. The van der Waals surface area contributed by atoms with Gasteiger partial charge in [-0.3, -0.25) is 0 Å². The molecule has 6 N–H and O–H groups in total. The molecule has 1 spiro atoms. The van der Waals surface area contributed by atoms with Crippen molar-refractivity contribution in [3.8, 4) is 0 Å². The van der Waals surface area contributed by atoms with Gasteiger partial charge in [0.1, 0.15) is 31.0 Å². The van der Waals surface area contributed by atoms with Crippen LogP contribution in [0.4, 0.5) is 0 Å². The summed E-state index contributed by atoms with van der Waals surface area (Å²) in [6.07, 6.45) is -3.62. The first-order valence-corrected chi connectivity index (χ1v) is 21.5. The Kier molecular flexibility index (Phi) is 13.7. The van der Waals surface area contributed by atoms with E-state index in [2.05, 4.69) is 55.4 Å². The van der Waals surface area contributed by atoms with E-state index in [1.54, 1.807) is 7.11 Å². The van der Waals surface area contributed by atoms with Crippen LogP contribution in [-0.4, -0.2) is 147 Å². The molecule has 6 saturated heterocycles. The van der Waals surface area contributed by atoms with Crippen molar-refractivity contribution in [1.82, 2.24) is 0 Å². The van der Waals surface area contributed by atoms with E-state index in [0.29, 0.717) is 31.6 Å². The highest BCUT2D eigenvalue weighted by Crippen LogP contribution is 2.55. The van der Waals surface area contributed by atoms with Crippen LogP contribution in [0.5, 0.6) is 0 Å². The van der Waals surface area contributed by atoms with Gasteiger partial charge in [0.05, 0.1) is 60.5 Å². The van der Waals surface area contributed by atoms with Gasteiger partial charge in [0.2, 0.25) is 0 Å². The van der Waals surface area contributed by atoms with Crippen molar-refractivity contribution in [2.75, 3.05) is 20.3 Å². The highest BCUT2D eigenvalue weighted by atomic mass is 16.7. The summed E-state index contributed by atoms with van der Waals surface area (Å²) < 4.78 is 51.8. The summed E-state index contributed by atoms with van der Waals surface area (Å²) in [6.45, 7) is 18.0. The van der Waals surface area contributed by atoms with E-state index < -0.39 is 72.3 Å². The molecule has 0 bridgehead atoms. The van der Waals surface area contributed by atoms with E-state index in [1.165, 1.54) is 0 Å². The maximum absolute atomic E-state index is 11.8. The second-order valence-electron chi connectivity index (χ2n) is 19.3. The monoisotopic (exact) mass is 803 g/mol. The molecule has 0 amide bonds. The van der Waals surface area contributed by atoms with Crippen LogP contribution in [0.3, 0.4) is 0 Å². The average molecular weight is 803 g/mol. The summed E-state index contributed by atoms with van der Waals surface area (Å²) >= 11 is 0. The first-order chi connectivity index (χ1) is 26.3. The second-order valence-corrected chi connectivity index (χ2v) is 19.3. The van der Waals surface area contributed by atoms with Crippen LogP contribution in [0.15, 0.2) is 0 Å². The predicted molar refractivity (Wildman–Crippen MR) is 203 cm³/mol. The van der Waals surface area contributed by atoms with Gasteiger partial charge >= 0.3 is 0 Å². The molecule has 21 unspecified atom stereocenters. The Bertz CT molecular complexity index is 1310. The van der Waals surface area contributed by atoms with Crippen LogP contribution in [0.25, 0.3) is 0 Å². The van der Waals surface area contributed by atoms with Gasteiger partial charge < -0.3 is 68.5 Å². The molecule has 0 radical (unpaired) electrons. The number of methoxy groups -OCH3 is 1. The van der Waals surface area contributed by atoms with E-state index in [9.17, 15) is 30.6 Å².